The molecule has 4 aromatic rings. The van der Waals surface area contributed by atoms with Gasteiger partial charge >= 0.3 is 5.97 Å². The number of esters is 1. The molecule has 0 spiro atoms. The van der Waals surface area contributed by atoms with E-state index in [1.54, 1.807) is 0 Å². The summed E-state index contributed by atoms with van der Waals surface area (Å²) in [7, 11) is 0. The topological polar surface area (TPSA) is 65.2 Å². The monoisotopic (exact) mass is 444 g/mol. The third kappa shape index (κ3) is 3.69. The van der Waals surface area contributed by atoms with Crippen molar-refractivity contribution in [3.8, 4) is 0 Å². The summed E-state index contributed by atoms with van der Waals surface area (Å²) in [5.41, 5.74) is 6.86. The number of carbonyl (C=O) groups excluding carboxylic acids is 1. The molecule has 0 amide bonds. The lowest BCUT2D eigenvalue weighted by molar-refractivity contribution is 0.0472. The van der Waals surface area contributed by atoms with Crippen molar-refractivity contribution < 1.29 is 14.1 Å². The van der Waals surface area contributed by atoms with Crippen LogP contribution in [0.1, 0.15) is 50.6 Å². The molecule has 2 aromatic heterocycles. The number of pyridine rings is 1. The number of aryl methyl sites for hydroxylation is 2. The first-order chi connectivity index (χ1) is 15.5. The van der Waals surface area contributed by atoms with Crippen molar-refractivity contribution in [3.63, 3.8) is 0 Å². The maximum absolute atomic E-state index is 13.3. The van der Waals surface area contributed by atoms with E-state index >= 15 is 0 Å². The summed E-state index contributed by atoms with van der Waals surface area (Å²) in [6.45, 7) is 3.78. The molecule has 2 heterocycles. The molecule has 32 heavy (non-hydrogen) atoms. The summed E-state index contributed by atoms with van der Waals surface area (Å²) in [6.07, 6.45) is 3.66. The summed E-state index contributed by atoms with van der Waals surface area (Å²) in [6, 6.07) is 15.4. The Hall–Kier alpha value is -3.44. The molecule has 1 aliphatic carbocycles. The van der Waals surface area contributed by atoms with Gasteiger partial charge in [-0.25, -0.2) is 9.78 Å². The average molecular weight is 445 g/mol. The summed E-state index contributed by atoms with van der Waals surface area (Å²) in [4.78, 5) is 18.2. The number of benzene rings is 2. The molecular weight excluding hydrogens is 424 g/mol. The molecule has 6 heteroatoms. The first kappa shape index (κ1) is 20.5. The first-order valence-corrected chi connectivity index (χ1v) is 10.9. The maximum atomic E-state index is 13.3. The quantitative estimate of drug-likeness (QED) is 0.344. The van der Waals surface area contributed by atoms with Crippen LogP contribution in [0.3, 0.4) is 0 Å². The Kier molecular flexibility index (Phi) is 5.27. The highest BCUT2D eigenvalue weighted by molar-refractivity contribution is 6.30. The number of hydrogen-bond acceptors (Lipinski definition) is 5. The number of rotatable bonds is 4. The van der Waals surface area contributed by atoms with Crippen LogP contribution in [0.4, 0.5) is 0 Å². The van der Waals surface area contributed by atoms with E-state index in [4.69, 9.17) is 25.8 Å². The maximum Gasteiger partial charge on any atom is 0.339 e. The van der Waals surface area contributed by atoms with Crippen LogP contribution in [-0.2, 0) is 17.8 Å². The van der Waals surface area contributed by atoms with Gasteiger partial charge in [0.2, 0.25) is 0 Å². The lowest BCUT2D eigenvalue weighted by Crippen LogP contribution is -2.11. The fourth-order valence-electron chi connectivity index (χ4n) is 4.19. The number of halogens is 1. The minimum Gasteiger partial charge on any atom is -0.457 e. The Morgan fingerprint density at radius 3 is 2.66 bits per heavy atom. The molecule has 0 aliphatic heterocycles. The molecule has 0 radical (unpaired) electrons. The van der Waals surface area contributed by atoms with Gasteiger partial charge in [0.1, 0.15) is 12.4 Å². The Labute approximate surface area is 190 Å². The number of para-hydroxylation sites is 1. The average Bonchev–Trinajstić information content (AvgIpc) is 3.34. The molecule has 0 atom stereocenters. The molecule has 0 saturated carbocycles. The Bertz CT molecular complexity index is 1350. The van der Waals surface area contributed by atoms with Crippen molar-refractivity contribution in [2.75, 3.05) is 0 Å². The van der Waals surface area contributed by atoms with E-state index in [-0.39, 0.29) is 12.6 Å². The Balaban J connectivity index is 1.56. The fraction of sp³-hybridized carbons (Fsp3) is 0.192. The van der Waals surface area contributed by atoms with Gasteiger partial charge in [-0.05, 0) is 67.7 Å². The van der Waals surface area contributed by atoms with Gasteiger partial charge in [0, 0.05) is 10.4 Å². The van der Waals surface area contributed by atoms with E-state index in [2.05, 4.69) is 11.2 Å². The van der Waals surface area contributed by atoms with Gasteiger partial charge in [0.05, 0.1) is 28.0 Å². The Morgan fingerprint density at radius 1 is 1.12 bits per heavy atom. The standard InChI is InChI=1S/C26H21ClN2O3/c1-15-22(16(2)32-29-15)14-31-26(30)24-20-5-3-4-6-23(20)28-25-18(9-12-21(24)25)13-17-7-10-19(27)11-8-17/h3-8,10-11,13H,9,12,14H2,1-2H3. The first-order valence-electron chi connectivity index (χ1n) is 10.5. The van der Waals surface area contributed by atoms with Crippen LogP contribution in [-0.4, -0.2) is 16.1 Å². The van der Waals surface area contributed by atoms with E-state index in [0.29, 0.717) is 16.3 Å². The van der Waals surface area contributed by atoms with Crippen molar-refractivity contribution in [2.24, 2.45) is 0 Å². The number of carbonyl (C=O) groups is 1. The molecule has 1 aliphatic rings. The van der Waals surface area contributed by atoms with Crippen molar-refractivity contribution in [3.05, 3.63) is 93.0 Å². The number of aromatic nitrogens is 2. The highest BCUT2D eigenvalue weighted by Gasteiger charge is 2.28. The smallest absolute Gasteiger partial charge is 0.339 e. The van der Waals surface area contributed by atoms with Gasteiger partial charge in [0.25, 0.3) is 0 Å². The summed E-state index contributed by atoms with van der Waals surface area (Å²) in [5.74, 6) is 0.306. The van der Waals surface area contributed by atoms with Gasteiger partial charge < -0.3 is 9.26 Å². The number of allylic oxidation sites excluding steroid dienone is 1. The van der Waals surface area contributed by atoms with Gasteiger partial charge in [-0.2, -0.15) is 0 Å². The lowest BCUT2D eigenvalue weighted by atomic mass is 10.0. The zero-order chi connectivity index (χ0) is 22.2. The third-order valence-corrected chi connectivity index (χ3v) is 6.14. The summed E-state index contributed by atoms with van der Waals surface area (Å²) < 4.78 is 10.9. The van der Waals surface area contributed by atoms with E-state index in [0.717, 1.165) is 57.4 Å². The minimum atomic E-state index is -0.354. The zero-order valence-corrected chi connectivity index (χ0v) is 18.6. The molecule has 0 bridgehead atoms. The van der Waals surface area contributed by atoms with Crippen LogP contribution < -0.4 is 0 Å². The van der Waals surface area contributed by atoms with Crippen LogP contribution >= 0.6 is 11.6 Å². The summed E-state index contributed by atoms with van der Waals surface area (Å²) >= 11 is 6.02. The molecule has 0 N–H and O–H groups in total. The predicted molar refractivity (Wildman–Crippen MR) is 124 cm³/mol. The molecule has 0 saturated heterocycles. The Morgan fingerprint density at radius 2 is 1.91 bits per heavy atom. The van der Waals surface area contributed by atoms with Gasteiger partial charge in [-0.1, -0.05) is 47.1 Å². The van der Waals surface area contributed by atoms with Crippen LogP contribution in [0.2, 0.25) is 5.02 Å². The second-order valence-corrected chi connectivity index (χ2v) is 8.37. The van der Waals surface area contributed by atoms with E-state index in [1.807, 2.05) is 62.4 Å². The van der Waals surface area contributed by atoms with Crippen LogP contribution in [0.25, 0.3) is 22.6 Å². The highest BCUT2D eigenvalue weighted by atomic mass is 35.5. The predicted octanol–water partition coefficient (Wildman–Crippen LogP) is 6.34. The molecule has 160 valence electrons. The minimum absolute atomic E-state index is 0.124. The van der Waals surface area contributed by atoms with Crippen LogP contribution in [0, 0.1) is 13.8 Å². The van der Waals surface area contributed by atoms with Crippen molar-refractivity contribution >= 4 is 40.1 Å². The number of hydrogen-bond donors (Lipinski definition) is 0. The largest absolute Gasteiger partial charge is 0.457 e. The van der Waals surface area contributed by atoms with Crippen molar-refractivity contribution in [1.82, 2.24) is 10.1 Å². The lowest BCUT2D eigenvalue weighted by Gasteiger charge is -2.12. The highest BCUT2D eigenvalue weighted by Crippen LogP contribution is 2.38. The van der Waals surface area contributed by atoms with Crippen molar-refractivity contribution in [2.45, 2.75) is 33.3 Å². The second-order valence-electron chi connectivity index (χ2n) is 7.93. The molecule has 0 unspecified atom stereocenters. The van der Waals surface area contributed by atoms with Crippen molar-refractivity contribution in [1.29, 1.82) is 0 Å². The summed E-state index contributed by atoms with van der Waals surface area (Å²) in [5, 5.41) is 5.45. The van der Waals surface area contributed by atoms with E-state index < -0.39 is 0 Å². The molecular formula is C26H21ClN2O3. The number of nitrogens with zero attached hydrogens (tertiary/aromatic N) is 2. The van der Waals surface area contributed by atoms with Gasteiger partial charge in [-0.15, -0.1) is 0 Å². The van der Waals surface area contributed by atoms with Crippen LogP contribution in [0.5, 0.6) is 0 Å². The van der Waals surface area contributed by atoms with E-state index in [1.165, 1.54) is 0 Å². The number of fused-ring (bicyclic) bond motifs is 2. The fourth-order valence-corrected chi connectivity index (χ4v) is 4.32. The third-order valence-electron chi connectivity index (χ3n) is 5.89. The van der Waals surface area contributed by atoms with E-state index in [9.17, 15) is 4.79 Å². The molecule has 5 nitrogen and oxygen atoms in total. The molecule has 5 rings (SSSR count). The van der Waals surface area contributed by atoms with Gasteiger partial charge in [-0.3, -0.25) is 0 Å². The van der Waals surface area contributed by atoms with Gasteiger partial charge in [0.15, 0.2) is 0 Å². The van der Waals surface area contributed by atoms with Crippen LogP contribution in [0.15, 0.2) is 53.1 Å². The SMILES string of the molecule is Cc1noc(C)c1COC(=O)c1c2c(nc3ccccc13)C(=Cc1ccc(Cl)cc1)CC2. The zero-order valence-electron chi connectivity index (χ0n) is 17.8. The molecule has 0 fully saturated rings. The molecule has 2 aromatic carbocycles. The second kappa shape index (κ2) is 8.24. The normalized spacial score (nSPS) is 14.2. The number of ether oxygens (including phenoxy) is 1.